The van der Waals surface area contributed by atoms with Gasteiger partial charge >= 0.3 is 0 Å². The molecule has 0 aliphatic heterocycles. The van der Waals surface area contributed by atoms with Gasteiger partial charge in [0.15, 0.2) is 6.61 Å². The Labute approximate surface area is 143 Å². The molecule has 2 aromatic carbocycles. The number of hydrogen-bond acceptors (Lipinski definition) is 2. The fourth-order valence-corrected chi connectivity index (χ4v) is 3.26. The zero-order valence-corrected chi connectivity index (χ0v) is 14.1. The number of fused-ring (bicyclic) bond motifs is 1. The van der Waals surface area contributed by atoms with Crippen LogP contribution in [0.1, 0.15) is 29.2 Å². The molecule has 1 aliphatic carbocycles. The van der Waals surface area contributed by atoms with E-state index in [1.54, 1.807) is 6.08 Å². The van der Waals surface area contributed by atoms with Crippen molar-refractivity contribution in [1.82, 2.24) is 4.90 Å². The van der Waals surface area contributed by atoms with Crippen molar-refractivity contribution in [2.24, 2.45) is 0 Å². The highest BCUT2D eigenvalue weighted by Crippen LogP contribution is 2.35. The molecular formula is C21H23NO2. The Balaban J connectivity index is 1.70. The van der Waals surface area contributed by atoms with Gasteiger partial charge < -0.3 is 9.64 Å². The Morgan fingerprint density at radius 1 is 1.25 bits per heavy atom. The van der Waals surface area contributed by atoms with Gasteiger partial charge in [-0.3, -0.25) is 4.79 Å². The minimum atomic E-state index is -0.00261. The zero-order valence-electron chi connectivity index (χ0n) is 14.1. The van der Waals surface area contributed by atoms with Gasteiger partial charge in [-0.1, -0.05) is 48.0 Å². The fourth-order valence-electron chi connectivity index (χ4n) is 3.26. The molecular weight excluding hydrogens is 298 g/mol. The molecule has 2 aromatic rings. The lowest BCUT2D eigenvalue weighted by Gasteiger charge is -2.28. The summed E-state index contributed by atoms with van der Waals surface area (Å²) < 4.78 is 5.67. The van der Waals surface area contributed by atoms with E-state index >= 15 is 0 Å². The number of carbonyl (C=O) groups is 1. The Morgan fingerprint density at radius 3 is 2.75 bits per heavy atom. The minimum absolute atomic E-state index is 0.00261. The van der Waals surface area contributed by atoms with Gasteiger partial charge in [-0.25, -0.2) is 0 Å². The van der Waals surface area contributed by atoms with Gasteiger partial charge in [0.1, 0.15) is 5.75 Å². The van der Waals surface area contributed by atoms with Crippen LogP contribution in [-0.4, -0.2) is 24.0 Å². The van der Waals surface area contributed by atoms with Gasteiger partial charge in [-0.15, -0.1) is 6.58 Å². The quantitative estimate of drug-likeness (QED) is 0.750. The summed E-state index contributed by atoms with van der Waals surface area (Å²) in [4.78, 5) is 14.6. The molecule has 0 spiro atoms. The molecule has 0 saturated carbocycles. The molecule has 3 nitrogen and oxygen atoms in total. The molecule has 0 saturated heterocycles. The maximum Gasteiger partial charge on any atom is 0.261 e. The van der Waals surface area contributed by atoms with Crippen molar-refractivity contribution in [2.45, 2.75) is 25.8 Å². The van der Waals surface area contributed by atoms with E-state index < -0.39 is 0 Å². The third-order valence-electron chi connectivity index (χ3n) is 4.51. The number of carbonyl (C=O) groups excluding carboxylic acids is 1. The third kappa shape index (κ3) is 3.51. The number of ether oxygens (including phenoxy) is 1. The summed E-state index contributed by atoms with van der Waals surface area (Å²) >= 11 is 0. The molecule has 1 amide bonds. The van der Waals surface area contributed by atoms with E-state index in [1.165, 1.54) is 16.7 Å². The van der Waals surface area contributed by atoms with Crippen LogP contribution in [-0.2, 0) is 11.2 Å². The predicted octanol–water partition coefficient (Wildman–Crippen LogP) is 4.08. The number of benzene rings is 2. The van der Waals surface area contributed by atoms with Crippen molar-refractivity contribution >= 4 is 5.91 Å². The van der Waals surface area contributed by atoms with Gasteiger partial charge in [-0.05, 0) is 43.0 Å². The van der Waals surface area contributed by atoms with Crippen LogP contribution in [0, 0.1) is 6.92 Å². The maximum atomic E-state index is 12.7. The highest BCUT2D eigenvalue weighted by molar-refractivity contribution is 5.78. The van der Waals surface area contributed by atoms with Crippen molar-refractivity contribution in [3.8, 4) is 5.75 Å². The van der Waals surface area contributed by atoms with E-state index in [0.29, 0.717) is 6.54 Å². The number of aryl methyl sites for hydroxylation is 2. The molecule has 0 bridgehead atoms. The topological polar surface area (TPSA) is 29.5 Å². The lowest BCUT2D eigenvalue weighted by Crippen LogP contribution is -2.37. The molecule has 1 atom stereocenters. The van der Waals surface area contributed by atoms with E-state index in [-0.39, 0.29) is 18.6 Å². The predicted molar refractivity (Wildman–Crippen MR) is 96.1 cm³/mol. The van der Waals surface area contributed by atoms with Crippen molar-refractivity contribution in [1.29, 1.82) is 0 Å². The molecule has 0 heterocycles. The fraction of sp³-hybridized carbons (Fsp3) is 0.286. The molecule has 3 rings (SSSR count). The Bertz CT molecular complexity index is 721. The van der Waals surface area contributed by atoms with E-state index in [1.807, 2.05) is 42.2 Å². The Morgan fingerprint density at radius 2 is 2.00 bits per heavy atom. The van der Waals surface area contributed by atoms with Crippen molar-refractivity contribution in [3.63, 3.8) is 0 Å². The highest BCUT2D eigenvalue weighted by Gasteiger charge is 2.30. The van der Waals surface area contributed by atoms with Crippen LogP contribution in [0.5, 0.6) is 5.75 Å². The number of nitrogens with zero attached hydrogens (tertiary/aromatic N) is 1. The van der Waals surface area contributed by atoms with Crippen LogP contribution in [0.2, 0.25) is 0 Å². The number of amides is 1. The van der Waals surface area contributed by atoms with E-state index in [4.69, 9.17) is 4.74 Å². The first kappa shape index (κ1) is 16.3. The zero-order chi connectivity index (χ0) is 16.9. The second-order valence-electron chi connectivity index (χ2n) is 6.19. The summed E-state index contributed by atoms with van der Waals surface area (Å²) in [7, 11) is 0. The van der Waals surface area contributed by atoms with Gasteiger partial charge in [0, 0.05) is 6.54 Å². The molecule has 0 aromatic heterocycles. The van der Waals surface area contributed by atoms with Gasteiger partial charge in [0.25, 0.3) is 5.91 Å². The molecule has 0 fully saturated rings. The van der Waals surface area contributed by atoms with E-state index in [2.05, 4.69) is 24.8 Å². The lowest BCUT2D eigenvalue weighted by atomic mass is 10.1. The van der Waals surface area contributed by atoms with Crippen LogP contribution in [0.3, 0.4) is 0 Å². The van der Waals surface area contributed by atoms with Crippen LogP contribution < -0.4 is 4.74 Å². The third-order valence-corrected chi connectivity index (χ3v) is 4.51. The number of rotatable bonds is 6. The first-order chi connectivity index (χ1) is 11.7. The first-order valence-corrected chi connectivity index (χ1v) is 8.36. The van der Waals surface area contributed by atoms with Crippen molar-refractivity contribution in [3.05, 3.63) is 77.9 Å². The normalized spacial score (nSPS) is 15.6. The minimum Gasteiger partial charge on any atom is -0.484 e. The second kappa shape index (κ2) is 7.35. The molecule has 0 radical (unpaired) electrons. The largest absolute Gasteiger partial charge is 0.484 e. The van der Waals surface area contributed by atoms with E-state index in [0.717, 1.165) is 18.6 Å². The smallest absolute Gasteiger partial charge is 0.261 e. The molecule has 0 N–H and O–H groups in total. The van der Waals surface area contributed by atoms with Crippen LogP contribution in [0.4, 0.5) is 0 Å². The molecule has 24 heavy (non-hydrogen) atoms. The summed E-state index contributed by atoms with van der Waals surface area (Å²) in [6, 6.07) is 16.2. The highest BCUT2D eigenvalue weighted by atomic mass is 16.5. The molecule has 124 valence electrons. The Hall–Kier alpha value is -2.55. The van der Waals surface area contributed by atoms with Crippen LogP contribution in [0.15, 0.2) is 61.2 Å². The molecule has 1 aliphatic rings. The summed E-state index contributed by atoms with van der Waals surface area (Å²) in [5, 5.41) is 0. The van der Waals surface area contributed by atoms with Gasteiger partial charge in [-0.2, -0.15) is 0 Å². The monoisotopic (exact) mass is 321 g/mol. The van der Waals surface area contributed by atoms with E-state index in [9.17, 15) is 4.79 Å². The van der Waals surface area contributed by atoms with Gasteiger partial charge in [0.05, 0.1) is 6.04 Å². The average molecular weight is 321 g/mol. The first-order valence-electron chi connectivity index (χ1n) is 8.36. The Kier molecular flexibility index (Phi) is 4.99. The average Bonchev–Trinajstić information content (AvgIpc) is 3.03. The SMILES string of the molecule is C=CCN(C(=O)COc1ccc(C)cc1)[C@@H]1CCc2ccccc21. The summed E-state index contributed by atoms with van der Waals surface area (Å²) in [6.45, 7) is 6.42. The van der Waals surface area contributed by atoms with Crippen molar-refractivity contribution < 1.29 is 9.53 Å². The standard InChI is InChI=1S/C21H23NO2/c1-3-14-22(20-13-10-17-6-4-5-7-19(17)20)21(23)15-24-18-11-8-16(2)9-12-18/h3-9,11-12,20H,1,10,13-15H2,2H3/t20-/m1/s1. The summed E-state index contributed by atoms with van der Waals surface area (Å²) in [5.74, 6) is 0.719. The lowest BCUT2D eigenvalue weighted by molar-refractivity contribution is -0.135. The van der Waals surface area contributed by atoms with Crippen molar-refractivity contribution in [2.75, 3.05) is 13.2 Å². The van der Waals surface area contributed by atoms with Crippen LogP contribution >= 0.6 is 0 Å². The summed E-state index contributed by atoms with van der Waals surface area (Å²) in [6.07, 6.45) is 3.76. The van der Waals surface area contributed by atoms with Crippen LogP contribution in [0.25, 0.3) is 0 Å². The number of hydrogen-bond donors (Lipinski definition) is 0. The molecule has 0 unspecified atom stereocenters. The summed E-state index contributed by atoms with van der Waals surface area (Å²) in [5.41, 5.74) is 3.76. The maximum absolute atomic E-state index is 12.7. The van der Waals surface area contributed by atoms with Gasteiger partial charge in [0.2, 0.25) is 0 Å². The second-order valence-corrected chi connectivity index (χ2v) is 6.19. The molecule has 3 heteroatoms.